The van der Waals surface area contributed by atoms with Gasteiger partial charge in [0, 0.05) is 29.5 Å². The number of nitrogens with two attached hydrogens (primary N) is 2. The molecule has 1 fully saturated rings. The van der Waals surface area contributed by atoms with Gasteiger partial charge in [0.1, 0.15) is 0 Å². The average Bonchev–Trinajstić information content (AvgIpc) is 3.08. The van der Waals surface area contributed by atoms with Crippen molar-refractivity contribution >= 4 is 47.5 Å². The number of nitrogens with one attached hydrogen (secondary N) is 1. The molecule has 0 unspecified atom stereocenters. The van der Waals surface area contributed by atoms with E-state index in [1.54, 1.807) is 11.3 Å². The number of rotatable bonds is 4. The Kier molecular flexibility index (Phi) is 6.14. The van der Waals surface area contributed by atoms with E-state index in [9.17, 15) is 0 Å². The molecule has 0 spiro atoms. The minimum atomic E-state index is 0. The van der Waals surface area contributed by atoms with Crippen molar-refractivity contribution in [3.63, 3.8) is 0 Å². The highest BCUT2D eigenvalue weighted by Crippen LogP contribution is 2.33. The predicted octanol–water partition coefficient (Wildman–Crippen LogP) is 3.68. The summed E-state index contributed by atoms with van der Waals surface area (Å²) in [6.07, 6.45) is 2.61. The van der Waals surface area contributed by atoms with Crippen LogP contribution in [0.15, 0.2) is 29.0 Å². The van der Waals surface area contributed by atoms with Crippen LogP contribution in [0, 0.1) is 0 Å². The summed E-state index contributed by atoms with van der Waals surface area (Å²) in [5.74, 6) is 0. The number of hydrogen-bond donors (Lipinski definition) is 3. The van der Waals surface area contributed by atoms with Gasteiger partial charge >= 0.3 is 0 Å². The minimum Gasteiger partial charge on any atom is -0.399 e. The largest absolute Gasteiger partial charge is 0.399 e. The van der Waals surface area contributed by atoms with Crippen LogP contribution in [0.2, 0.25) is 0 Å². The van der Waals surface area contributed by atoms with E-state index in [2.05, 4.69) is 16.1 Å². The van der Waals surface area contributed by atoms with Crippen LogP contribution >= 0.6 is 36.2 Å². The van der Waals surface area contributed by atoms with E-state index in [0.29, 0.717) is 0 Å². The molecule has 0 amide bonds. The lowest BCUT2D eigenvalue weighted by molar-refractivity contribution is 0.690. The maximum Gasteiger partial charge on any atom is 0.0395 e. The first-order chi connectivity index (χ1) is 8.74. The maximum atomic E-state index is 6.05. The van der Waals surface area contributed by atoms with Gasteiger partial charge in [0.25, 0.3) is 0 Å². The summed E-state index contributed by atoms with van der Waals surface area (Å²) in [6, 6.07) is 6.39. The molecule has 0 atom stereocenters. The fourth-order valence-electron chi connectivity index (χ4n) is 2.05. The summed E-state index contributed by atoms with van der Waals surface area (Å²) in [4.78, 5) is 0. The van der Waals surface area contributed by atoms with Gasteiger partial charge < -0.3 is 16.8 Å². The lowest BCUT2D eigenvalue weighted by Gasteiger charge is -2.09. The van der Waals surface area contributed by atoms with Crippen molar-refractivity contribution < 1.29 is 0 Å². The van der Waals surface area contributed by atoms with Crippen LogP contribution in [0.1, 0.15) is 18.4 Å². The van der Waals surface area contributed by atoms with Crippen LogP contribution in [0.5, 0.6) is 0 Å². The van der Waals surface area contributed by atoms with Crippen molar-refractivity contribution in [3.8, 4) is 11.1 Å². The van der Waals surface area contributed by atoms with E-state index in [0.717, 1.165) is 29.5 Å². The minimum absolute atomic E-state index is 0. The summed E-state index contributed by atoms with van der Waals surface area (Å²) in [5.41, 5.74) is 17.0. The molecule has 1 aliphatic carbocycles. The third-order valence-corrected chi connectivity index (χ3v) is 4.06. The summed E-state index contributed by atoms with van der Waals surface area (Å²) in [5, 5.41) is 7.87. The molecule has 1 aromatic heterocycles. The lowest BCUT2D eigenvalue weighted by Crippen LogP contribution is -2.15. The zero-order valence-electron chi connectivity index (χ0n) is 11.0. The number of halogens is 2. The topological polar surface area (TPSA) is 64.1 Å². The molecule has 0 radical (unpaired) electrons. The first-order valence-electron chi connectivity index (χ1n) is 6.18. The maximum absolute atomic E-state index is 6.05. The summed E-state index contributed by atoms with van der Waals surface area (Å²) in [6.45, 7) is 0.914. The molecule has 0 aliphatic heterocycles. The third-order valence-electron chi connectivity index (χ3n) is 3.27. The number of thiophene rings is 1. The Hall–Kier alpha value is -0.940. The van der Waals surface area contributed by atoms with Crippen molar-refractivity contribution in [2.75, 3.05) is 11.5 Å². The molecule has 1 aliphatic rings. The van der Waals surface area contributed by atoms with Gasteiger partial charge in [0.2, 0.25) is 0 Å². The highest BCUT2D eigenvalue weighted by molar-refractivity contribution is 7.08. The van der Waals surface area contributed by atoms with Crippen molar-refractivity contribution in [1.82, 2.24) is 5.32 Å². The van der Waals surface area contributed by atoms with Crippen LogP contribution < -0.4 is 16.8 Å². The molecule has 0 saturated heterocycles. The number of anilines is 2. The van der Waals surface area contributed by atoms with Gasteiger partial charge in [0.15, 0.2) is 0 Å². The Bertz CT molecular complexity index is 567. The van der Waals surface area contributed by atoms with Crippen molar-refractivity contribution in [1.29, 1.82) is 0 Å². The van der Waals surface area contributed by atoms with Gasteiger partial charge in [0.05, 0.1) is 0 Å². The Morgan fingerprint density at radius 2 is 1.85 bits per heavy atom. The van der Waals surface area contributed by atoms with Crippen molar-refractivity contribution in [3.05, 3.63) is 34.5 Å². The molecule has 6 heteroatoms. The van der Waals surface area contributed by atoms with Crippen LogP contribution in [0.25, 0.3) is 11.1 Å². The van der Waals surface area contributed by atoms with E-state index in [1.165, 1.54) is 24.0 Å². The monoisotopic (exact) mass is 331 g/mol. The van der Waals surface area contributed by atoms with Gasteiger partial charge in [-0.25, -0.2) is 0 Å². The molecule has 1 aromatic carbocycles. The smallest absolute Gasteiger partial charge is 0.0395 e. The zero-order chi connectivity index (χ0) is 12.5. The number of benzene rings is 1. The molecule has 110 valence electrons. The molecule has 1 saturated carbocycles. The Balaban J connectivity index is 0.000001000. The fraction of sp³-hybridized carbons (Fsp3) is 0.286. The van der Waals surface area contributed by atoms with Gasteiger partial charge in [-0.3, -0.25) is 0 Å². The molecule has 2 aromatic rings. The summed E-state index contributed by atoms with van der Waals surface area (Å²) < 4.78 is 0. The van der Waals surface area contributed by atoms with Crippen LogP contribution in [0.3, 0.4) is 0 Å². The van der Waals surface area contributed by atoms with Gasteiger partial charge in [-0.2, -0.15) is 11.3 Å². The standard InChI is InChI=1S/C14H17N3S.2ClH/c15-10-1-4-14(16)12(5-10)13-8-18-7-9(13)6-17-11-2-3-11;;/h1,4-5,7-8,11,17H,2-3,6,15-16H2;2*1H. The molecule has 0 bridgehead atoms. The van der Waals surface area contributed by atoms with Crippen molar-refractivity contribution in [2.45, 2.75) is 25.4 Å². The highest BCUT2D eigenvalue weighted by Gasteiger charge is 2.21. The molecule has 20 heavy (non-hydrogen) atoms. The predicted molar refractivity (Wildman–Crippen MR) is 92.9 cm³/mol. The van der Waals surface area contributed by atoms with E-state index in [4.69, 9.17) is 11.5 Å². The van der Waals surface area contributed by atoms with E-state index >= 15 is 0 Å². The van der Waals surface area contributed by atoms with E-state index in [1.807, 2.05) is 18.2 Å². The molecule has 3 rings (SSSR count). The molecule has 1 heterocycles. The summed E-state index contributed by atoms with van der Waals surface area (Å²) >= 11 is 1.71. The lowest BCUT2D eigenvalue weighted by atomic mass is 10.0. The number of hydrogen-bond acceptors (Lipinski definition) is 4. The van der Waals surface area contributed by atoms with E-state index < -0.39 is 0 Å². The van der Waals surface area contributed by atoms with Gasteiger partial charge in [-0.15, -0.1) is 24.8 Å². The second-order valence-electron chi connectivity index (χ2n) is 4.81. The Labute approximate surface area is 135 Å². The Morgan fingerprint density at radius 1 is 1.10 bits per heavy atom. The first kappa shape index (κ1) is 17.1. The Morgan fingerprint density at radius 3 is 2.55 bits per heavy atom. The SMILES string of the molecule is Cl.Cl.Nc1ccc(N)c(-c2cscc2CNC2CC2)c1. The molecule has 5 N–H and O–H groups in total. The third kappa shape index (κ3) is 3.79. The number of nitrogen functional groups attached to an aromatic ring is 2. The zero-order valence-corrected chi connectivity index (χ0v) is 13.4. The quantitative estimate of drug-likeness (QED) is 0.749. The van der Waals surface area contributed by atoms with Gasteiger partial charge in [-0.1, -0.05) is 0 Å². The molecular weight excluding hydrogens is 313 g/mol. The van der Waals surface area contributed by atoms with Crippen LogP contribution in [0.4, 0.5) is 11.4 Å². The van der Waals surface area contributed by atoms with Crippen LogP contribution in [-0.2, 0) is 6.54 Å². The highest BCUT2D eigenvalue weighted by atomic mass is 35.5. The second kappa shape index (κ2) is 7.18. The van der Waals surface area contributed by atoms with Gasteiger partial charge in [-0.05, 0) is 52.9 Å². The second-order valence-corrected chi connectivity index (χ2v) is 5.56. The molecule has 3 nitrogen and oxygen atoms in total. The summed E-state index contributed by atoms with van der Waals surface area (Å²) in [7, 11) is 0. The van der Waals surface area contributed by atoms with Crippen LogP contribution in [-0.4, -0.2) is 6.04 Å². The normalized spacial score (nSPS) is 13.4. The van der Waals surface area contributed by atoms with Crippen molar-refractivity contribution in [2.24, 2.45) is 0 Å². The fourth-order valence-corrected chi connectivity index (χ4v) is 2.90. The molecular formula is C14H19Cl2N3S. The van der Waals surface area contributed by atoms with E-state index in [-0.39, 0.29) is 24.8 Å². The first-order valence-corrected chi connectivity index (χ1v) is 7.12. The average molecular weight is 332 g/mol.